The highest BCUT2D eigenvalue weighted by molar-refractivity contribution is 6.30. The van der Waals surface area contributed by atoms with Gasteiger partial charge in [0.25, 0.3) is 0 Å². The molecule has 30 heavy (non-hydrogen) atoms. The topological polar surface area (TPSA) is 131 Å². The van der Waals surface area contributed by atoms with E-state index in [2.05, 4.69) is 25.6 Å². The number of allylic oxidation sites excluding steroid dienone is 1. The van der Waals surface area contributed by atoms with E-state index in [-0.39, 0.29) is 23.8 Å². The smallest absolute Gasteiger partial charge is 0.168 e. The minimum Gasteiger partial charge on any atom is -0.412 e. The largest absolute Gasteiger partial charge is 0.412 e. The molecule has 1 aliphatic heterocycles. The van der Waals surface area contributed by atoms with Crippen molar-refractivity contribution in [1.29, 1.82) is 0 Å². The van der Waals surface area contributed by atoms with Gasteiger partial charge < -0.3 is 21.2 Å². The number of carbonyl (C=O) groups excluding carboxylic acids is 1. The highest BCUT2D eigenvalue weighted by atomic mass is 35.5. The maximum atomic E-state index is 12.4. The van der Waals surface area contributed by atoms with Gasteiger partial charge in [-0.05, 0) is 43.0 Å². The molecule has 1 atom stereocenters. The highest BCUT2D eigenvalue weighted by Gasteiger charge is 2.19. The molecule has 0 saturated carbocycles. The summed E-state index contributed by atoms with van der Waals surface area (Å²) in [5.74, 6) is 1.14. The minimum absolute atomic E-state index is 0. The van der Waals surface area contributed by atoms with Crippen LogP contribution in [0.25, 0.3) is 0 Å². The molecule has 0 spiro atoms. The summed E-state index contributed by atoms with van der Waals surface area (Å²) in [5.41, 5.74) is 2.55. The predicted molar refractivity (Wildman–Crippen MR) is 118 cm³/mol. The van der Waals surface area contributed by atoms with E-state index < -0.39 is 0 Å². The fourth-order valence-corrected chi connectivity index (χ4v) is 3.15. The lowest BCUT2D eigenvalue weighted by Crippen LogP contribution is -2.25. The van der Waals surface area contributed by atoms with Gasteiger partial charge in [-0.3, -0.25) is 9.78 Å². The molecule has 160 valence electrons. The number of aliphatic hydroxyl groups is 1. The van der Waals surface area contributed by atoms with Gasteiger partial charge in [-0.1, -0.05) is 17.7 Å². The van der Waals surface area contributed by atoms with E-state index in [1.807, 2.05) is 19.1 Å². The maximum Gasteiger partial charge on any atom is 0.168 e. The normalized spacial score (nSPS) is 15.4. The second kappa shape index (κ2) is 11.4. The monoisotopic (exact) mass is 431 g/mol. The summed E-state index contributed by atoms with van der Waals surface area (Å²) < 4.78 is 0. The van der Waals surface area contributed by atoms with Gasteiger partial charge in [-0.25, -0.2) is 9.98 Å². The SMILES string of the molecule is Cc1cc(Cl)cnc1NCCCNC1=CC(=O)C(Cc2ccc(CO)nc2)C=N1.O. The van der Waals surface area contributed by atoms with Gasteiger partial charge in [0.05, 0.1) is 23.2 Å². The lowest BCUT2D eigenvalue weighted by molar-refractivity contribution is -0.116. The molecule has 1 aliphatic rings. The minimum atomic E-state index is -0.289. The number of ketones is 1. The standard InChI is InChI=1S/C21H24ClN5O2.H2O/c1-14-7-17(22)12-27-21(14)24-6-2-5-23-20-9-19(29)16(11-26-20)8-15-3-4-18(13-28)25-10-15;/h3-4,7,9-12,16,23,28H,2,5-6,8,13H2,1H3,(H,24,27);1H2. The van der Waals surface area contributed by atoms with Gasteiger partial charge >= 0.3 is 0 Å². The summed E-state index contributed by atoms with van der Waals surface area (Å²) in [5, 5.41) is 16.1. The van der Waals surface area contributed by atoms with Crippen molar-refractivity contribution >= 4 is 29.4 Å². The van der Waals surface area contributed by atoms with Crippen molar-refractivity contribution in [2.24, 2.45) is 10.9 Å². The molecule has 1 unspecified atom stereocenters. The predicted octanol–water partition coefficient (Wildman–Crippen LogP) is 1.85. The molecular weight excluding hydrogens is 406 g/mol. The number of rotatable bonds is 9. The number of aromatic nitrogens is 2. The van der Waals surface area contributed by atoms with Crippen molar-refractivity contribution in [3.05, 3.63) is 64.3 Å². The molecule has 0 bridgehead atoms. The lowest BCUT2D eigenvalue weighted by Gasteiger charge is -2.16. The van der Waals surface area contributed by atoms with E-state index in [0.717, 1.165) is 29.9 Å². The van der Waals surface area contributed by atoms with Gasteiger partial charge in [0.1, 0.15) is 11.6 Å². The molecule has 0 saturated heterocycles. The number of pyridine rings is 2. The first-order valence-corrected chi connectivity index (χ1v) is 9.87. The van der Waals surface area contributed by atoms with Crippen LogP contribution in [0.4, 0.5) is 5.82 Å². The average Bonchev–Trinajstić information content (AvgIpc) is 2.71. The van der Waals surface area contributed by atoms with Crippen LogP contribution in [0, 0.1) is 12.8 Å². The molecule has 5 N–H and O–H groups in total. The first-order chi connectivity index (χ1) is 14.0. The number of anilines is 1. The van der Waals surface area contributed by atoms with Gasteiger partial charge in [0, 0.05) is 37.8 Å². The number of hydrogen-bond donors (Lipinski definition) is 3. The number of hydrogen-bond acceptors (Lipinski definition) is 7. The zero-order valence-corrected chi connectivity index (χ0v) is 17.5. The number of nitrogens with zero attached hydrogens (tertiary/aromatic N) is 3. The van der Waals surface area contributed by atoms with Gasteiger partial charge in [-0.15, -0.1) is 0 Å². The Morgan fingerprint density at radius 3 is 2.63 bits per heavy atom. The van der Waals surface area contributed by atoms with Crippen molar-refractivity contribution in [3.8, 4) is 0 Å². The first kappa shape index (κ1) is 23.5. The summed E-state index contributed by atoms with van der Waals surface area (Å²) in [6.45, 7) is 3.30. The van der Waals surface area contributed by atoms with Crippen LogP contribution in [0.2, 0.25) is 5.02 Å². The highest BCUT2D eigenvalue weighted by Crippen LogP contribution is 2.16. The summed E-state index contributed by atoms with van der Waals surface area (Å²) in [7, 11) is 0. The molecule has 0 amide bonds. The van der Waals surface area contributed by atoms with Crippen LogP contribution >= 0.6 is 11.6 Å². The maximum absolute atomic E-state index is 12.4. The van der Waals surface area contributed by atoms with E-state index in [1.165, 1.54) is 0 Å². The number of aliphatic imine (C=N–C) groups is 1. The van der Waals surface area contributed by atoms with Gasteiger partial charge in [0.15, 0.2) is 5.78 Å². The molecule has 2 aromatic rings. The summed E-state index contributed by atoms with van der Waals surface area (Å²) in [6.07, 6.45) is 7.94. The Bertz CT molecular complexity index is 915. The molecule has 2 aromatic heterocycles. The van der Waals surface area contributed by atoms with Crippen LogP contribution in [0.1, 0.15) is 23.2 Å². The third-order valence-electron chi connectivity index (χ3n) is 4.54. The number of nitrogens with one attached hydrogen (secondary N) is 2. The van der Waals surface area contributed by atoms with Crippen LogP contribution in [0.15, 0.2) is 47.5 Å². The summed E-state index contributed by atoms with van der Waals surface area (Å²) in [6, 6.07) is 5.51. The first-order valence-electron chi connectivity index (χ1n) is 9.49. The zero-order chi connectivity index (χ0) is 20.6. The molecule has 8 nitrogen and oxygen atoms in total. The Labute approximate surface area is 180 Å². The number of aryl methyl sites for hydroxylation is 1. The Morgan fingerprint density at radius 1 is 1.17 bits per heavy atom. The number of aliphatic hydroxyl groups excluding tert-OH is 1. The van der Waals surface area contributed by atoms with E-state index in [0.29, 0.717) is 29.5 Å². The van der Waals surface area contributed by atoms with Crippen LogP contribution < -0.4 is 10.6 Å². The molecular formula is C21H26ClN5O3. The Hall–Kier alpha value is -2.81. The third kappa shape index (κ3) is 6.62. The van der Waals surface area contributed by atoms with Crippen molar-refractivity contribution in [1.82, 2.24) is 15.3 Å². The quantitative estimate of drug-likeness (QED) is 0.519. The molecule has 0 fully saturated rings. The van der Waals surface area contributed by atoms with E-state index in [4.69, 9.17) is 16.7 Å². The third-order valence-corrected chi connectivity index (χ3v) is 4.75. The Morgan fingerprint density at radius 2 is 1.97 bits per heavy atom. The Balaban J connectivity index is 0.00000320. The van der Waals surface area contributed by atoms with Gasteiger partial charge in [0.2, 0.25) is 0 Å². The molecule has 3 heterocycles. The van der Waals surface area contributed by atoms with Crippen molar-refractivity contribution in [2.45, 2.75) is 26.4 Å². The number of carbonyl (C=O) groups is 1. The molecule has 0 radical (unpaired) electrons. The Kier molecular flexibility index (Phi) is 8.91. The van der Waals surface area contributed by atoms with E-state index in [1.54, 1.807) is 30.8 Å². The van der Waals surface area contributed by atoms with E-state index in [9.17, 15) is 4.79 Å². The van der Waals surface area contributed by atoms with Crippen LogP contribution in [0.5, 0.6) is 0 Å². The average molecular weight is 432 g/mol. The van der Waals surface area contributed by atoms with Crippen molar-refractivity contribution in [2.75, 3.05) is 18.4 Å². The molecule has 9 heteroatoms. The van der Waals surface area contributed by atoms with Crippen LogP contribution in [0.3, 0.4) is 0 Å². The van der Waals surface area contributed by atoms with E-state index >= 15 is 0 Å². The molecule has 0 aliphatic carbocycles. The lowest BCUT2D eigenvalue weighted by atomic mass is 9.95. The number of halogens is 1. The second-order valence-corrected chi connectivity index (χ2v) is 7.30. The second-order valence-electron chi connectivity index (χ2n) is 6.86. The zero-order valence-electron chi connectivity index (χ0n) is 16.7. The van der Waals surface area contributed by atoms with Crippen molar-refractivity contribution < 1.29 is 15.4 Å². The van der Waals surface area contributed by atoms with Gasteiger partial charge in [-0.2, -0.15) is 0 Å². The molecule has 0 aromatic carbocycles. The molecule has 3 rings (SSSR count). The van der Waals surface area contributed by atoms with Crippen molar-refractivity contribution in [3.63, 3.8) is 0 Å². The van der Waals surface area contributed by atoms with Crippen LogP contribution in [-0.2, 0) is 17.8 Å². The summed E-state index contributed by atoms with van der Waals surface area (Å²) >= 11 is 5.91. The van der Waals surface area contributed by atoms with Crippen LogP contribution in [-0.4, -0.2) is 45.6 Å². The fourth-order valence-electron chi connectivity index (χ4n) is 2.93. The summed E-state index contributed by atoms with van der Waals surface area (Å²) in [4.78, 5) is 25.1. The fraction of sp³-hybridized carbons (Fsp3) is 0.333.